The van der Waals surface area contributed by atoms with Crippen LogP contribution in [-0.2, 0) is 11.2 Å². The monoisotopic (exact) mass is 288 g/mol. The highest BCUT2D eigenvalue weighted by molar-refractivity contribution is 7.10. The minimum Gasteiger partial charge on any atom is -0.388 e. The fourth-order valence-corrected chi connectivity index (χ4v) is 3.45. The Morgan fingerprint density at radius 1 is 1.35 bits per heavy atom. The molecule has 1 amide bonds. The summed E-state index contributed by atoms with van der Waals surface area (Å²) in [6.07, 6.45) is 1.72. The maximum Gasteiger partial charge on any atom is 0.209 e. The zero-order chi connectivity index (χ0) is 14.5. The van der Waals surface area contributed by atoms with E-state index in [0.717, 1.165) is 18.5 Å². The minimum absolute atomic E-state index is 0.0852. The number of hydrogen-bond acceptors (Lipinski definition) is 3. The third-order valence-electron chi connectivity index (χ3n) is 3.56. The highest BCUT2D eigenvalue weighted by Gasteiger charge is 2.20. The van der Waals surface area contributed by atoms with Crippen molar-refractivity contribution in [3.63, 3.8) is 0 Å². The molecule has 1 heterocycles. The first-order valence-corrected chi connectivity index (χ1v) is 7.52. The van der Waals surface area contributed by atoms with Crippen LogP contribution in [0.5, 0.6) is 0 Å². The molecule has 1 aromatic heterocycles. The molecule has 0 aliphatic rings. The van der Waals surface area contributed by atoms with Gasteiger partial charge in [0.05, 0.1) is 6.04 Å². The second kappa shape index (κ2) is 6.57. The average Bonchev–Trinajstić information content (AvgIpc) is 2.90. The molecule has 2 rings (SSSR count). The molecule has 1 N–H and O–H groups in total. The molecule has 0 spiro atoms. The van der Waals surface area contributed by atoms with Gasteiger partial charge < -0.3 is 10.2 Å². The molecule has 0 saturated heterocycles. The predicted octanol–water partition coefficient (Wildman–Crippen LogP) is 3.47. The van der Waals surface area contributed by atoms with Crippen LogP contribution in [0.4, 0.5) is 5.69 Å². The van der Waals surface area contributed by atoms with E-state index in [0.29, 0.717) is 0 Å². The highest BCUT2D eigenvalue weighted by Crippen LogP contribution is 2.32. The van der Waals surface area contributed by atoms with Gasteiger partial charge in [-0.2, -0.15) is 0 Å². The molecule has 20 heavy (non-hydrogen) atoms. The Bertz CT molecular complexity index is 579. The molecule has 1 aromatic carbocycles. The largest absolute Gasteiger partial charge is 0.388 e. The summed E-state index contributed by atoms with van der Waals surface area (Å²) in [5.74, 6) is 0. The van der Waals surface area contributed by atoms with Gasteiger partial charge in [0.25, 0.3) is 0 Å². The standard InChI is InChI=1S/C16H20N2OS/c1-12-8-9-20-16(12)15(18(3)11-19)10-13-6-4-5-7-14(13)17-2/h4-9,11,15,17H,10H2,1-3H3. The van der Waals surface area contributed by atoms with Crippen molar-refractivity contribution in [1.29, 1.82) is 0 Å². The van der Waals surface area contributed by atoms with E-state index in [1.54, 1.807) is 16.2 Å². The first-order valence-electron chi connectivity index (χ1n) is 6.64. The second-order valence-electron chi connectivity index (χ2n) is 4.87. The Hall–Kier alpha value is -1.81. The van der Waals surface area contributed by atoms with Crippen LogP contribution in [0, 0.1) is 6.92 Å². The number of benzene rings is 1. The fraction of sp³-hybridized carbons (Fsp3) is 0.312. The van der Waals surface area contributed by atoms with Crippen molar-refractivity contribution in [1.82, 2.24) is 4.90 Å². The molecule has 0 saturated carbocycles. The summed E-state index contributed by atoms with van der Waals surface area (Å²) in [7, 11) is 3.77. The van der Waals surface area contributed by atoms with Crippen LogP contribution in [-0.4, -0.2) is 25.4 Å². The molecule has 106 valence electrons. The van der Waals surface area contributed by atoms with E-state index in [1.807, 2.05) is 26.2 Å². The molecule has 1 atom stereocenters. The maximum atomic E-state index is 11.2. The van der Waals surface area contributed by atoms with Crippen LogP contribution in [0.3, 0.4) is 0 Å². The van der Waals surface area contributed by atoms with Crippen molar-refractivity contribution in [3.8, 4) is 0 Å². The zero-order valence-corrected chi connectivity index (χ0v) is 12.9. The SMILES string of the molecule is CNc1ccccc1CC(c1sccc1C)N(C)C=O. The third-order valence-corrected chi connectivity index (χ3v) is 4.68. The molecule has 0 aliphatic carbocycles. The Morgan fingerprint density at radius 2 is 2.10 bits per heavy atom. The average molecular weight is 288 g/mol. The number of carbonyl (C=O) groups is 1. The Kier molecular flexibility index (Phi) is 4.79. The lowest BCUT2D eigenvalue weighted by molar-refractivity contribution is -0.118. The lowest BCUT2D eigenvalue weighted by Gasteiger charge is -2.25. The maximum absolute atomic E-state index is 11.2. The van der Waals surface area contributed by atoms with E-state index in [9.17, 15) is 4.79 Å². The Balaban J connectivity index is 2.34. The molecule has 4 heteroatoms. The minimum atomic E-state index is 0.0852. The van der Waals surface area contributed by atoms with E-state index in [1.165, 1.54) is 16.0 Å². The molecule has 3 nitrogen and oxygen atoms in total. The van der Waals surface area contributed by atoms with E-state index in [2.05, 4.69) is 35.8 Å². The van der Waals surface area contributed by atoms with Crippen LogP contribution >= 0.6 is 11.3 Å². The number of para-hydroxylation sites is 1. The lowest BCUT2D eigenvalue weighted by Crippen LogP contribution is -2.25. The van der Waals surface area contributed by atoms with Crippen molar-refractivity contribution in [2.45, 2.75) is 19.4 Å². The van der Waals surface area contributed by atoms with Crippen molar-refractivity contribution in [2.24, 2.45) is 0 Å². The normalized spacial score (nSPS) is 11.9. The van der Waals surface area contributed by atoms with E-state index in [4.69, 9.17) is 0 Å². The number of nitrogens with zero attached hydrogens (tertiary/aromatic N) is 1. The second-order valence-corrected chi connectivity index (χ2v) is 5.81. The number of thiophene rings is 1. The Labute approximate surface area is 124 Å². The molecule has 0 radical (unpaired) electrons. The molecule has 2 aromatic rings. The lowest BCUT2D eigenvalue weighted by atomic mass is 10.0. The number of carbonyl (C=O) groups excluding carboxylic acids is 1. The van der Waals surface area contributed by atoms with Crippen LogP contribution < -0.4 is 5.32 Å². The summed E-state index contributed by atoms with van der Waals surface area (Å²) in [4.78, 5) is 14.2. The molecule has 0 fully saturated rings. The zero-order valence-electron chi connectivity index (χ0n) is 12.1. The van der Waals surface area contributed by atoms with E-state index >= 15 is 0 Å². The van der Waals surface area contributed by atoms with Gasteiger partial charge in [0.15, 0.2) is 0 Å². The molecule has 0 bridgehead atoms. The molecule has 0 aliphatic heterocycles. The predicted molar refractivity (Wildman–Crippen MR) is 85.3 cm³/mol. The number of nitrogens with one attached hydrogen (secondary N) is 1. The molecular weight excluding hydrogens is 268 g/mol. The van der Waals surface area contributed by atoms with Gasteiger partial charge in [-0.1, -0.05) is 18.2 Å². The van der Waals surface area contributed by atoms with Crippen LogP contribution in [0.15, 0.2) is 35.7 Å². The number of anilines is 1. The van der Waals surface area contributed by atoms with Crippen molar-refractivity contribution in [3.05, 3.63) is 51.7 Å². The van der Waals surface area contributed by atoms with Gasteiger partial charge in [-0.05, 0) is 42.0 Å². The van der Waals surface area contributed by atoms with Gasteiger partial charge >= 0.3 is 0 Å². The molecule has 1 unspecified atom stereocenters. The van der Waals surface area contributed by atoms with Crippen molar-refractivity contribution in [2.75, 3.05) is 19.4 Å². The van der Waals surface area contributed by atoms with Gasteiger partial charge in [-0.25, -0.2) is 0 Å². The summed E-state index contributed by atoms with van der Waals surface area (Å²) in [5.41, 5.74) is 3.59. The number of likely N-dealkylation sites (N-methyl/N-ethyl adjacent to an activating group) is 1. The fourth-order valence-electron chi connectivity index (χ4n) is 2.37. The van der Waals surface area contributed by atoms with Crippen LogP contribution in [0.25, 0.3) is 0 Å². The Morgan fingerprint density at radius 3 is 2.70 bits per heavy atom. The summed E-state index contributed by atoms with van der Waals surface area (Å²) in [6, 6.07) is 10.4. The number of rotatable bonds is 6. The summed E-state index contributed by atoms with van der Waals surface area (Å²) in [6.45, 7) is 2.10. The number of aryl methyl sites for hydroxylation is 1. The van der Waals surface area contributed by atoms with Gasteiger partial charge in [-0.3, -0.25) is 4.79 Å². The van der Waals surface area contributed by atoms with Gasteiger partial charge in [-0.15, -0.1) is 11.3 Å². The van der Waals surface area contributed by atoms with Crippen LogP contribution in [0.2, 0.25) is 0 Å². The number of hydrogen-bond donors (Lipinski definition) is 1. The third kappa shape index (κ3) is 3.02. The molecular formula is C16H20N2OS. The topological polar surface area (TPSA) is 32.3 Å². The quantitative estimate of drug-likeness (QED) is 0.826. The van der Waals surface area contributed by atoms with Crippen molar-refractivity contribution >= 4 is 23.4 Å². The van der Waals surface area contributed by atoms with Gasteiger partial charge in [0, 0.05) is 24.7 Å². The van der Waals surface area contributed by atoms with Crippen LogP contribution in [0.1, 0.15) is 22.0 Å². The van der Waals surface area contributed by atoms with Gasteiger partial charge in [0.1, 0.15) is 0 Å². The van der Waals surface area contributed by atoms with Crippen molar-refractivity contribution < 1.29 is 4.79 Å². The summed E-state index contributed by atoms with van der Waals surface area (Å²) in [5, 5.41) is 5.30. The van der Waals surface area contributed by atoms with E-state index in [-0.39, 0.29) is 6.04 Å². The summed E-state index contributed by atoms with van der Waals surface area (Å²) < 4.78 is 0. The smallest absolute Gasteiger partial charge is 0.209 e. The highest BCUT2D eigenvalue weighted by atomic mass is 32.1. The number of amides is 1. The summed E-state index contributed by atoms with van der Waals surface area (Å²) >= 11 is 1.71. The first-order chi connectivity index (χ1) is 9.67. The van der Waals surface area contributed by atoms with E-state index < -0.39 is 0 Å². The van der Waals surface area contributed by atoms with Gasteiger partial charge in [0.2, 0.25) is 6.41 Å². The first kappa shape index (κ1) is 14.6.